The Hall–Kier alpha value is -5.27. The van der Waals surface area contributed by atoms with Crippen molar-refractivity contribution in [2.45, 2.75) is 70.4 Å². The number of carboxylic acid groups (broad SMARTS) is 2. The summed E-state index contributed by atoms with van der Waals surface area (Å²) in [7, 11) is -7.31. The van der Waals surface area contributed by atoms with Gasteiger partial charge in [0.2, 0.25) is 14.7 Å². The van der Waals surface area contributed by atoms with Gasteiger partial charge in [-0.25, -0.2) is 19.2 Å². The molecule has 2 amide bonds. The molecule has 26 heteroatoms. The van der Waals surface area contributed by atoms with E-state index in [4.69, 9.17) is 35.1 Å². The fourth-order valence-corrected chi connectivity index (χ4v) is 7.97. The van der Waals surface area contributed by atoms with Crippen molar-refractivity contribution in [2.75, 3.05) is 51.6 Å². The molecule has 0 aliphatic carbocycles. The van der Waals surface area contributed by atoms with Crippen molar-refractivity contribution >= 4 is 64.8 Å². The lowest BCUT2D eigenvalue weighted by Gasteiger charge is -2.18. The van der Waals surface area contributed by atoms with Crippen LogP contribution >= 0.6 is 22.8 Å². The summed E-state index contributed by atoms with van der Waals surface area (Å²) in [4.78, 5) is 107. The minimum atomic E-state index is -3.68. The number of nitrogens with one attached hydrogen (secondary N) is 2. The second-order valence-electron chi connectivity index (χ2n) is 13.2. The predicted molar refractivity (Wildman–Crippen MR) is 228 cm³/mol. The quantitative estimate of drug-likeness (QED) is 0.0402. The molecule has 64 heavy (non-hydrogen) atoms. The first kappa shape index (κ1) is 58.7. The second kappa shape index (κ2) is 32.4. The third-order valence-corrected chi connectivity index (χ3v) is 12.5. The lowest BCUT2D eigenvalue weighted by molar-refractivity contribution is -0.143. The van der Waals surface area contributed by atoms with Crippen LogP contribution in [0.1, 0.15) is 50.2 Å². The Morgan fingerprint density at radius 2 is 1.09 bits per heavy atom. The van der Waals surface area contributed by atoms with Gasteiger partial charge in [-0.2, -0.15) is 4.89 Å². The summed E-state index contributed by atoms with van der Waals surface area (Å²) >= 11 is 0. The van der Waals surface area contributed by atoms with Crippen LogP contribution in [0.25, 0.3) is 0 Å². The van der Waals surface area contributed by atoms with Crippen molar-refractivity contribution in [2.24, 2.45) is 5.73 Å². The third-order valence-electron chi connectivity index (χ3n) is 8.11. The van der Waals surface area contributed by atoms with Crippen LogP contribution in [0.3, 0.4) is 0 Å². The van der Waals surface area contributed by atoms with Crippen LogP contribution < -0.4 is 16.4 Å². The number of hydrogen-bond donors (Lipinski definition) is 8. The van der Waals surface area contributed by atoms with E-state index in [0.717, 1.165) is 18.2 Å². The van der Waals surface area contributed by atoms with Gasteiger partial charge in [0.1, 0.15) is 31.3 Å². The van der Waals surface area contributed by atoms with Gasteiger partial charge in [0.25, 0.3) is 0 Å². The van der Waals surface area contributed by atoms with E-state index in [-0.39, 0.29) is 76.3 Å². The fraction of sp³-hybridized carbons (Fsp3) is 0.500. The number of amides is 2. The van der Waals surface area contributed by atoms with Crippen LogP contribution in [0, 0.1) is 0 Å². The first-order valence-electron chi connectivity index (χ1n) is 19.3. The second-order valence-corrected chi connectivity index (χ2v) is 19.6. The molecule has 2 rings (SSSR count). The first-order valence-corrected chi connectivity index (χ1v) is 24.7. The Morgan fingerprint density at radius 1 is 0.672 bits per heavy atom. The molecule has 23 nitrogen and oxygen atoms in total. The van der Waals surface area contributed by atoms with Crippen LogP contribution in [0.15, 0.2) is 60.7 Å². The summed E-state index contributed by atoms with van der Waals surface area (Å²) < 4.78 is 58.0. The number of carboxylic acids is 2. The third kappa shape index (κ3) is 29.9. The zero-order chi connectivity index (χ0) is 48.7. The Labute approximate surface area is 370 Å². The van der Waals surface area contributed by atoms with E-state index in [0.29, 0.717) is 0 Å². The van der Waals surface area contributed by atoms with Crippen LogP contribution in [-0.4, -0.2) is 137 Å². The van der Waals surface area contributed by atoms with Crippen LogP contribution in [-0.2, 0) is 74.6 Å². The van der Waals surface area contributed by atoms with Gasteiger partial charge in [0.05, 0.1) is 33.7 Å². The molecule has 358 valence electrons. The topological polar surface area (TPSA) is 368 Å². The number of alkyl carbamates (subject to hydrolysis) is 2. The number of benzene rings is 2. The summed E-state index contributed by atoms with van der Waals surface area (Å²) in [6.07, 6.45) is -3.79. The van der Waals surface area contributed by atoms with Gasteiger partial charge in [0.15, 0.2) is 6.16 Å². The molecule has 9 N–H and O–H groups in total. The minimum Gasteiger partial charge on any atom is -0.481 e. The van der Waals surface area contributed by atoms with Crippen molar-refractivity contribution in [3.63, 3.8) is 0 Å². The largest absolute Gasteiger partial charge is 0.505 e. The Balaban J connectivity index is 0.000000978. The molecule has 3 unspecified atom stereocenters. The average Bonchev–Trinajstić information content (AvgIpc) is 3.26. The molecule has 6 atom stereocenters. The summed E-state index contributed by atoms with van der Waals surface area (Å²) in [5.74, 6) is -4.42. The van der Waals surface area contributed by atoms with Gasteiger partial charge in [-0.1, -0.05) is 60.7 Å². The molecule has 0 heterocycles. The number of rotatable bonds is 25. The molecule has 0 saturated heterocycles. The van der Waals surface area contributed by atoms with Crippen molar-refractivity contribution < 1.29 is 95.8 Å². The zero-order valence-electron chi connectivity index (χ0n) is 35.5. The maximum atomic E-state index is 12.2. The maximum Gasteiger partial charge on any atom is 0.505 e. The van der Waals surface area contributed by atoms with Crippen LogP contribution in [0.4, 0.5) is 9.59 Å². The van der Waals surface area contributed by atoms with E-state index >= 15 is 0 Å². The van der Waals surface area contributed by atoms with Crippen molar-refractivity contribution in [1.29, 1.82) is 0 Å². The van der Waals surface area contributed by atoms with E-state index in [1.165, 1.54) is 7.11 Å². The smallest absolute Gasteiger partial charge is 0.481 e. The molecule has 0 aromatic heterocycles. The Bertz CT molecular complexity index is 1890. The number of ether oxygens (including phenoxy) is 5. The number of carbonyl (C=O) groups is 7. The molecule has 2 aromatic carbocycles. The first-order chi connectivity index (χ1) is 30.0. The molecular formula is C38H57N3O20P3+. The highest BCUT2D eigenvalue weighted by molar-refractivity contribution is 7.58. The van der Waals surface area contributed by atoms with Gasteiger partial charge >= 0.3 is 50.1 Å². The summed E-state index contributed by atoms with van der Waals surface area (Å²) in [6.45, 7) is 1.90. The summed E-state index contributed by atoms with van der Waals surface area (Å²) in [5.41, 5.74) is 6.71. The maximum absolute atomic E-state index is 12.2. The molecule has 0 aliphatic rings. The van der Waals surface area contributed by atoms with Crippen molar-refractivity contribution in [3.8, 4) is 0 Å². The number of methoxy groups -OCH3 is 2. The molecule has 0 aliphatic heterocycles. The number of hydrogen-bond acceptors (Lipinski definition) is 16. The highest BCUT2D eigenvalue weighted by Gasteiger charge is 2.29. The van der Waals surface area contributed by atoms with E-state index in [1.54, 1.807) is 43.3 Å². The summed E-state index contributed by atoms with van der Waals surface area (Å²) in [5, 5.41) is 21.4. The van der Waals surface area contributed by atoms with Gasteiger partial charge in [-0.15, -0.1) is 0 Å². The minimum absolute atomic E-state index is 0.00118. The van der Waals surface area contributed by atoms with E-state index in [2.05, 4.69) is 20.1 Å². The molecule has 0 saturated carbocycles. The number of nitrogens with two attached hydrogens (primary N) is 1. The molecule has 0 bridgehead atoms. The van der Waals surface area contributed by atoms with Gasteiger partial charge in [-0.3, -0.25) is 23.5 Å². The Morgan fingerprint density at radius 3 is 1.48 bits per heavy atom. The van der Waals surface area contributed by atoms with E-state index in [9.17, 15) is 57.0 Å². The molecule has 0 spiro atoms. The predicted octanol–water partition coefficient (Wildman–Crippen LogP) is 3.18. The number of carbonyl (C=O) groups excluding carboxylic acids is 5. The molecular weight excluding hydrogens is 911 g/mol. The normalized spacial score (nSPS) is 13.9. The van der Waals surface area contributed by atoms with Crippen LogP contribution in [0.5, 0.6) is 0 Å². The molecule has 2 aromatic rings. The van der Waals surface area contributed by atoms with Gasteiger partial charge in [-0.05, 0) is 35.5 Å². The van der Waals surface area contributed by atoms with Crippen LogP contribution in [0.2, 0.25) is 0 Å². The number of aliphatic carboxylic acids is 2. The van der Waals surface area contributed by atoms with Gasteiger partial charge < -0.3 is 60.1 Å². The highest BCUT2D eigenvalue weighted by Crippen LogP contribution is 2.42. The van der Waals surface area contributed by atoms with Crippen molar-refractivity contribution in [3.05, 3.63) is 71.8 Å². The highest BCUT2D eigenvalue weighted by atomic mass is 31.2. The van der Waals surface area contributed by atoms with E-state index in [1.807, 2.05) is 24.3 Å². The van der Waals surface area contributed by atoms with Crippen molar-refractivity contribution in [1.82, 2.24) is 10.6 Å². The zero-order valence-corrected chi connectivity index (χ0v) is 38.2. The van der Waals surface area contributed by atoms with E-state index < -0.39 is 89.3 Å². The van der Waals surface area contributed by atoms with Gasteiger partial charge in [0, 0.05) is 31.1 Å². The molecule has 0 radical (unpaired) electrons. The lowest BCUT2D eigenvalue weighted by atomic mass is 10.2. The number of esters is 3. The summed E-state index contributed by atoms with van der Waals surface area (Å²) in [6, 6.07) is 14.7. The fourth-order valence-electron chi connectivity index (χ4n) is 4.62. The lowest BCUT2D eigenvalue weighted by Crippen LogP contribution is -2.42. The molecule has 0 fully saturated rings. The monoisotopic (exact) mass is 968 g/mol. The standard InChI is InChI=1S/C18H26NO8P.C13H16NO6P.C7H14NO6P/c1-3-26-16(20)10-12-28(23,24)11-9-15(17(21)25-2)19-18(22)27-13-14-7-5-4-6-8-14;1-19-12(15)11(7-8-21(17)18)14-13(16)20-9-10-5-3-2-4-6-10;8-5(7(11)12)1-3-15(13,14)4-2-6(9)10/h4-8,15H,3,9-13H2,1-2H3,(H,19,22)(H,23,24);2-6,11H,7-9H2,1H3,(H-,14,16,17,18);5H,1-4,8H2,(H,9,10)(H,11,12)(H,13,14)/p+1/t15-;11-;5-/m000/s1. The Kier molecular flexibility index (Phi) is 29.7. The SMILES string of the molecule is CCOC(=O)CCP(=O)(O)CC[C@H](NC(=O)OCc1ccccc1)C(=O)OC.COC(=O)[C@H](CC[P+](=O)O)NC(=O)OCc1ccccc1.N[C@@H](CCP(=O)(O)CCC(=O)O)C(=O)O. The average molecular weight is 969 g/mol.